The van der Waals surface area contributed by atoms with Gasteiger partial charge in [-0.05, 0) is 62.1 Å². The van der Waals surface area contributed by atoms with Crippen LogP contribution in [0, 0.1) is 17.1 Å². The Labute approximate surface area is 228 Å². The molecule has 0 aliphatic carbocycles. The third-order valence-corrected chi connectivity index (χ3v) is 6.56. The van der Waals surface area contributed by atoms with Gasteiger partial charge in [0.05, 0.1) is 24.8 Å². The summed E-state index contributed by atoms with van der Waals surface area (Å²) >= 11 is 0. The standard InChI is InChI=1S/C29H35FN4O5/c1-29(2,3)39-28(36)34-10-5-12-37-26(18-34)27(35)32-22(17-31)14-21-7-6-19(15-23(21)30)20-8-9-25-24(16-20)33(4)11-13-38-25/h6-9,15-16,22,26H,5,10-14,18H2,1-4H3,(H,32,35)/t22-,26-/m0/s1. The molecule has 39 heavy (non-hydrogen) atoms. The molecule has 2 aliphatic rings. The van der Waals surface area contributed by atoms with Gasteiger partial charge in [0.25, 0.3) is 5.91 Å². The van der Waals surface area contributed by atoms with Crippen LogP contribution in [-0.4, -0.2) is 74.5 Å². The fraction of sp³-hybridized carbons (Fsp3) is 0.483. The maximum absolute atomic E-state index is 15.1. The number of ether oxygens (including phenoxy) is 3. The van der Waals surface area contributed by atoms with E-state index in [1.165, 1.54) is 11.0 Å². The van der Waals surface area contributed by atoms with Crippen molar-refractivity contribution in [2.45, 2.75) is 51.4 Å². The predicted molar refractivity (Wildman–Crippen MR) is 144 cm³/mol. The number of nitrogens with zero attached hydrogens (tertiary/aromatic N) is 3. The molecule has 0 radical (unpaired) electrons. The third-order valence-electron chi connectivity index (χ3n) is 6.56. The zero-order valence-corrected chi connectivity index (χ0v) is 22.8. The van der Waals surface area contributed by atoms with E-state index in [9.17, 15) is 14.9 Å². The number of nitrogens with one attached hydrogen (secondary N) is 1. The van der Waals surface area contributed by atoms with Gasteiger partial charge in [0.15, 0.2) is 6.10 Å². The van der Waals surface area contributed by atoms with E-state index >= 15 is 4.39 Å². The lowest BCUT2D eigenvalue weighted by atomic mass is 9.99. The third kappa shape index (κ3) is 7.18. The van der Waals surface area contributed by atoms with Gasteiger partial charge >= 0.3 is 6.09 Å². The molecule has 0 aromatic heterocycles. The molecule has 9 nitrogen and oxygen atoms in total. The van der Waals surface area contributed by atoms with Crippen LogP contribution in [0.5, 0.6) is 5.75 Å². The van der Waals surface area contributed by atoms with Crippen LogP contribution in [-0.2, 0) is 20.7 Å². The van der Waals surface area contributed by atoms with E-state index in [2.05, 4.69) is 10.2 Å². The molecule has 4 rings (SSSR count). The molecule has 1 saturated heterocycles. The Kier molecular flexibility index (Phi) is 8.60. The van der Waals surface area contributed by atoms with Gasteiger partial charge in [-0.3, -0.25) is 4.79 Å². The van der Waals surface area contributed by atoms with Crippen molar-refractivity contribution in [3.8, 4) is 22.9 Å². The Morgan fingerprint density at radius 1 is 1.18 bits per heavy atom. The summed E-state index contributed by atoms with van der Waals surface area (Å²) in [7, 11) is 1.99. The summed E-state index contributed by atoms with van der Waals surface area (Å²) in [6.45, 7) is 7.39. The lowest BCUT2D eigenvalue weighted by molar-refractivity contribution is -0.133. The van der Waals surface area contributed by atoms with Crippen molar-refractivity contribution >= 4 is 17.7 Å². The first-order chi connectivity index (χ1) is 18.5. The largest absolute Gasteiger partial charge is 0.490 e. The Balaban J connectivity index is 1.41. The highest BCUT2D eigenvalue weighted by molar-refractivity contribution is 5.82. The number of likely N-dealkylation sites (N-methyl/N-ethyl adjacent to an activating group) is 1. The van der Waals surface area contributed by atoms with Gasteiger partial charge in [-0.1, -0.05) is 18.2 Å². The smallest absolute Gasteiger partial charge is 0.410 e. The fourth-order valence-electron chi connectivity index (χ4n) is 4.51. The van der Waals surface area contributed by atoms with Gasteiger partial charge in [0.1, 0.15) is 29.8 Å². The van der Waals surface area contributed by atoms with Crippen LogP contribution in [0.15, 0.2) is 36.4 Å². The normalized spacial score (nSPS) is 18.2. The van der Waals surface area contributed by atoms with E-state index in [1.54, 1.807) is 32.9 Å². The number of anilines is 1. The number of nitriles is 1. The Morgan fingerprint density at radius 3 is 2.64 bits per heavy atom. The number of halogens is 1. The van der Waals surface area contributed by atoms with Crippen LogP contribution >= 0.6 is 0 Å². The molecule has 0 saturated carbocycles. The molecule has 0 bridgehead atoms. The summed E-state index contributed by atoms with van der Waals surface area (Å²) in [5.41, 5.74) is 2.13. The maximum atomic E-state index is 15.1. The molecule has 1 N–H and O–H groups in total. The first-order valence-electron chi connectivity index (χ1n) is 13.1. The summed E-state index contributed by atoms with van der Waals surface area (Å²) in [5, 5.41) is 12.3. The minimum Gasteiger partial charge on any atom is -0.490 e. The minimum atomic E-state index is -0.978. The lowest BCUT2D eigenvalue weighted by Crippen LogP contribution is -2.48. The fourth-order valence-corrected chi connectivity index (χ4v) is 4.51. The average molecular weight is 539 g/mol. The molecule has 2 heterocycles. The number of carbonyl (C=O) groups excluding carboxylic acids is 2. The van der Waals surface area contributed by atoms with E-state index in [1.807, 2.05) is 31.3 Å². The van der Waals surface area contributed by atoms with Gasteiger partial charge in [-0.15, -0.1) is 0 Å². The van der Waals surface area contributed by atoms with E-state index < -0.39 is 35.6 Å². The predicted octanol–water partition coefficient (Wildman–Crippen LogP) is 3.90. The van der Waals surface area contributed by atoms with Crippen molar-refractivity contribution in [2.24, 2.45) is 0 Å². The Hall–Kier alpha value is -3.84. The molecule has 2 atom stereocenters. The van der Waals surface area contributed by atoms with Gasteiger partial charge in [0.2, 0.25) is 0 Å². The number of carbonyl (C=O) groups is 2. The highest BCUT2D eigenvalue weighted by atomic mass is 19.1. The van der Waals surface area contributed by atoms with E-state index in [4.69, 9.17) is 14.2 Å². The molecule has 1 fully saturated rings. The lowest BCUT2D eigenvalue weighted by Gasteiger charge is -2.28. The van der Waals surface area contributed by atoms with Crippen LogP contribution in [0.25, 0.3) is 11.1 Å². The van der Waals surface area contributed by atoms with Crippen LogP contribution < -0.4 is 15.0 Å². The van der Waals surface area contributed by atoms with E-state index in [-0.39, 0.29) is 19.6 Å². The zero-order chi connectivity index (χ0) is 28.2. The Bertz CT molecular complexity index is 1260. The monoisotopic (exact) mass is 538 g/mol. The molecule has 2 aromatic rings. The number of hydrogen-bond donors (Lipinski definition) is 1. The number of hydrogen-bond acceptors (Lipinski definition) is 7. The zero-order valence-electron chi connectivity index (χ0n) is 22.8. The van der Waals surface area contributed by atoms with Gasteiger partial charge in [0, 0.05) is 26.6 Å². The SMILES string of the molecule is CN1CCOc2ccc(-c3ccc(C[C@@H](C#N)NC(=O)[C@@H]4CN(C(=O)OC(C)(C)C)CCCO4)c(F)c3)cc21. The van der Waals surface area contributed by atoms with Crippen LogP contribution in [0.2, 0.25) is 0 Å². The number of amides is 2. The van der Waals surface area contributed by atoms with Crippen molar-refractivity contribution in [2.75, 3.05) is 44.8 Å². The number of benzene rings is 2. The summed E-state index contributed by atoms with van der Waals surface area (Å²) < 4.78 is 31.9. The van der Waals surface area contributed by atoms with Crippen molar-refractivity contribution in [3.05, 3.63) is 47.8 Å². The summed E-state index contributed by atoms with van der Waals surface area (Å²) in [4.78, 5) is 29.0. The van der Waals surface area contributed by atoms with Gasteiger partial charge in [-0.25, -0.2) is 9.18 Å². The van der Waals surface area contributed by atoms with Gasteiger partial charge < -0.3 is 29.3 Å². The first-order valence-corrected chi connectivity index (χ1v) is 13.1. The van der Waals surface area contributed by atoms with E-state index in [0.29, 0.717) is 30.7 Å². The minimum absolute atomic E-state index is 0.00294. The molecular weight excluding hydrogens is 503 g/mol. The summed E-state index contributed by atoms with van der Waals surface area (Å²) in [6, 6.07) is 11.7. The van der Waals surface area contributed by atoms with Crippen LogP contribution in [0.1, 0.15) is 32.8 Å². The quantitative estimate of drug-likeness (QED) is 0.616. The molecule has 0 spiro atoms. The second-order valence-electron chi connectivity index (χ2n) is 10.8. The van der Waals surface area contributed by atoms with E-state index in [0.717, 1.165) is 23.5 Å². The van der Waals surface area contributed by atoms with Crippen molar-refractivity contribution in [1.29, 1.82) is 5.26 Å². The highest BCUT2D eigenvalue weighted by Gasteiger charge is 2.31. The van der Waals surface area contributed by atoms with Crippen molar-refractivity contribution < 1.29 is 28.2 Å². The van der Waals surface area contributed by atoms with Crippen LogP contribution in [0.3, 0.4) is 0 Å². The molecule has 2 aliphatic heterocycles. The number of rotatable bonds is 5. The molecular formula is C29H35FN4O5. The highest BCUT2D eigenvalue weighted by Crippen LogP contribution is 2.35. The second-order valence-corrected chi connectivity index (χ2v) is 10.8. The molecule has 0 unspecified atom stereocenters. The van der Waals surface area contributed by atoms with Crippen molar-refractivity contribution in [1.82, 2.24) is 10.2 Å². The van der Waals surface area contributed by atoms with Gasteiger partial charge in [-0.2, -0.15) is 5.26 Å². The molecule has 2 amide bonds. The summed E-state index contributed by atoms with van der Waals surface area (Å²) in [5.74, 6) is -0.204. The molecule has 208 valence electrons. The number of fused-ring (bicyclic) bond motifs is 1. The molecule has 10 heteroatoms. The summed E-state index contributed by atoms with van der Waals surface area (Å²) in [6.07, 6.45) is -0.954. The molecule has 2 aromatic carbocycles. The average Bonchev–Trinajstić information content (AvgIpc) is 3.15. The Morgan fingerprint density at radius 2 is 1.92 bits per heavy atom. The van der Waals surface area contributed by atoms with Crippen molar-refractivity contribution in [3.63, 3.8) is 0 Å². The topological polar surface area (TPSA) is 104 Å². The second kappa shape index (κ2) is 11.9. The maximum Gasteiger partial charge on any atom is 0.410 e. The van der Waals surface area contributed by atoms with Crippen LogP contribution in [0.4, 0.5) is 14.9 Å². The first kappa shape index (κ1) is 28.2.